The van der Waals surface area contributed by atoms with Crippen molar-refractivity contribution in [3.63, 3.8) is 0 Å². The number of anilines is 1. The number of amides is 1. The molecule has 0 aliphatic carbocycles. The van der Waals surface area contributed by atoms with Crippen LogP contribution in [0.3, 0.4) is 0 Å². The predicted octanol–water partition coefficient (Wildman–Crippen LogP) is 2.52. The number of likely N-dealkylation sites (N-methyl/N-ethyl adjacent to an activating group) is 1. The molecule has 0 radical (unpaired) electrons. The molecule has 1 N–H and O–H groups in total. The number of carbonyl (C=O) groups excluding carboxylic acids is 1. The zero-order chi connectivity index (χ0) is 18.5. The van der Waals surface area contributed by atoms with Crippen molar-refractivity contribution in [2.45, 2.75) is 33.9 Å². The van der Waals surface area contributed by atoms with Gasteiger partial charge in [0.2, 0.25) is 11.9 Å². The number of hydrogen-bond donors (Lipinski definition) is 1. The minimum atomic E-state index is -0.129. The first-order chi connectivity index (χ1) is 12.6. The molecular weight excluding hydrogens is 328 g/mol. The zero-order valence-electron chi connectivity index (χ0n) is 15.6. The molecular formula is C19H26N6O. The van der Waals surface area contributed by atoms with Gasteiger partial charge in [-0.1, -0.05) is 26.0 Å². The second-order valence-corrected chi connectivity index (χ2v) is 6.28. The third-order valence-corrected chi connectivity index (χ3v) is 4.66. The summed E-state index contributed by atoms with van der Waals surface area (Å²) < 4.78 is 3.76. The minimum Gasteiger partial charge on any atom is -0.309 e. The Labute approximate surface area is 153 Å². The first-order valence-corrected chi connectivity index (χ1v) is 9.08. The van der Waals surface area contributed by atoms with E-state index in [0.29, 0.717) is 5.95 Å². The monoisotopic (exact) mass is 354 g/mol. The molecule has 7 heteroatoms. The van der Waals surface area contributed by atoms with E-state index in [-0.39, 0.29) is 12.5 Å². The van der Waals surface area contributed by atoms with Gasteiger partial charge in [0.15, 0.2) is 0 Å². The highest BCUT2D eigenvalue weighted by molar-refractivity contribution is 5.91. The highest BCUT2D eigenvalue weighted by Crippen LogP contribution is 2.19. The van der Waals surface area contributed by atoms with Gasteiger partial charge in [-0.2, -0.15) is 5.10 Å². The SMILES string of the molecule is CCN(CC)CCn1c(NC(=O)Cn2nccc2C)nc2ccccc21. The summed E-state index contributed by atoms with van der Waals surface area (Å²) in [4.78, 5) is 19.4. The molecule has 0 spiro atoms. The van der Waals surface area contributed by atoms with Gasteiger partial charge in [0.25, 0.3) is 0 Å². The maximum Gasteiger partial charge on any atom is 0.248 e. The molecule has 3 aromatic rings. The number of nitrogens with zero attached hydrogens (tertiary/aromatic N) is 5. The molecule has 0 fully saturated rings. The van der Waals surface area contributed by atoms with E-state index in [1.807, 2.05) is 37.3 Å². The third-order valence-electron chi connectivity index (χ3n) is 4.66. The van der Waals surface area contributed by atoms with Gasteiger partial charge < -0.3 is 9.47 Å². The molecule has 3 rings (SSSR count). The van der Waals surface area contributed by atoms with Crippen molar-refractivity contribution in [3.05, 3.63) is 42.2 Å². The molecule has 26 heavy (non-hydrogen) atoms. The van der Waals surface area contributed by atoms with E-state index in [1.165, 1.54) is 0 Å². The Balaban J connectivity index is 1.81. The molecule has 2 heterocycles. The van der Waals surface area contributed by atoms with Crippen molar-refractivity contribution in [1.29, 1.82) is 0 Å². The number of carbonyl (C=O) groups is 1. The van der Waals surface area contributed by atoms with E-state index in [1.54, 1.807) is 10.9 Å². The van der Waals surface area contributed by atoms with Gasteiger partial charge in [-0.25, -0.2) is 4.98 Å². The van der Waals surface area contributed by atoms with E-state index in [2.05, 4.69) is 38.7 Å². The Kier molecular flexibility index (Phi) is 5.68. The first-order valence-electron chi connectivity index (χ1n) is 9.08. The Morgan fingerprint density at radius 1 is 1.19 bits per heavy atom. The lowest BCUT2D eigenvalue weighted by Gasteiger charge is -2.19. The van der Waals surface area contributed by atoms with Gasteiger partial charge in [-0.3, -0.25) is 14.8 Å². The van der Waals surface area contributed by atoms with Crippen LogP contribution < -0.4 is 5.32 Å². The van der Waals surface area contributed by atoms with E-state index < -0.39 is 0 Å². The second kappa shape index (κ2) is 8.14. The second-order valence-electron chi connectivity index (χ2n) is 6.28. The quantitative estimate of drug-likeness (QED) is 0.675. The summed E-state index contributed by atoms with van der Waals surface area (Å²) in [5.41, 5.74) is 2.87. The van der Waals surface area contributed by atoms with Gasteiger partial charge >= 0.3 is 0 Å². The van der Waals surface area contributed by atoms with Crippen molar-refractivity contribution in [2.75, 3.05) is 25.0 Å². The van der Waals surface area contributed by atoms with Crippen LogP contribution in [0.4, 0.5) is 5.95 Å². The Bertz CT molecular complexity index is 877. The number of imidazole rings is 1. The van der Waals surface area contributed by atoms with Crippen LogP contribution in [-0.4, -0.2) is 49.8 Å². The number of rotatable bonds is 8. The molecule has 0 bridgehead atoms. The van der Waals surface area contributed by atoms with Crippen LogP contribution >= 0.6 is 0 Å². The fourth-order valence-corrected chi connectivity index (χ4v) is 3.04. The number of aromatic nitrogens is 4. The summed E-state index contributed by atoms with van der Waals surface area (Å²) in [5.74, 6) is 0.462. The third kappa shape index (κ3) is 3.94. The maximum absolute atomic E-state index is 12.5. The molecule has 0 atom stereocenters. The molecule has 2 aromatic heterocycles. The highest BCUT2D eigenvalue weighted by Gasteiger charge is 2.14. The van der Waals surface area contributed by atoms with Gasteiger partial charge in [0, 0.05) is 25.0 Å². The summed E-state index contributed by atoms with van der Waals surface area (Å²) in [5, 5.41) is 7.13. The van der Waals surface area contributed by atoms with Crippen molar-refractivity contribution in [1.82, 2.24) is 24.2 Å². The number of aryl methyl sites for hydroxylation is 1. The van der Waals surface area contributed by atoms with Crippen LogP contribution in [-0.2, 0) is 17.9 Å². The van der Waals surface area contributed by atoms with Crippen LogP contribution in [0, 0.1) is 6.92 Å². The van der Waals surface area contributed by atoms with E-state index in [9.17, 15) is 4.79 Å². The minimum absolute atomic E-state index is 0.129. The van der Waals surface area contributed by atoms with Gasteiger partial charge in [0.05, 0.1) is 11.0 Å². The van der Waals surface area contributed by atoms with Crippen molar-refractivity contribution in [3.8, 4) is 0 Å². The van der Waals surface area contributed by atoms with Crippen molar-refractivity contribution >= 4 is 22.9 Å². The van der Waals surface area contributed by atoms with E-state index >= 15 is 0 Å². The molecule has 0 saturated heterocycles. The average Bonchev–Trinajstić information content (AvgIpc) is 3.19. The van der Waals surface area contributed by atoms with Crippen molar-refractivity contribution < 1.29 is 4.79 Å². The normalized spacial score (nSPS) is 11.4. The molecule has 0 aliphatic heterocycles. The Morgan fingerprint density at radius 3 is 2.65 bits per heavy atom. The largest absolute Gasteiger partial charge is 0.309 e. The lowest BCUT2D eigenvalue weighted by Crippen LogP contribution is -2.28. The molecule has 1 amide bonds. The summed E-state index contributed by atoms with van der Waals surface area (Å²) >= 11 is 0. The zero-order valence-corrected chi connectivity index (χ0v) is 15.6. The van der Waals surface area contributed by atoms with Gasteiger partial charge in [-0.15, -0.1) is 0 Å². The number of hydrogen-bond acceptors (Lipinski definition) is 4. The molecule has 0 saturated carbocycles. The van der Waals surface area contributed by atoms with Gasteiger partial charge in [0.1, 0.15) is 6.54 Å². The predicted molar refractivity (Wildman–Crippen MR) is 103 cm³/mol. The summed E-state index contributed by atoms with van der Waals surface area (Å²) in [7, 11) is 0. The molecule has 138 valence electrons. The number of fused-ring (bicyclic) bond motifs is 1. The van der Waals surface area contributed by atoms with Gasteiger partial charge in [-0.05, 0) is 38.2 Å². The van der Waals surface area contributed by atoms with Crippen LogP contribution in [0.5, 0.6) is 0 Å². The number of para-hydroxylation sites is 2. The lowest BCUT2D eigenvalue weighted by atomic mass is 10.3. The lowest BCUT2D eigenvalue weighted by molar-refractivity contribution is -0.117. The molecule has 0 aliphatic rings. The van der Waals surface area contributed by atoms with Crippen LogP contribution in [0.2, 0.25) is 0 Å². The molecule has 7 nitrogen and oxygen atoms in total. The summed E-state index contributed by atoms with van der Waals surface area (Å²) in [6.45, 7) is 10.1. The molecule has 0 unspecified atom stereocenters. The Hall–Kier alpha value is -2.67. The highest BCUT2D eigenvalue weighted by atomic mass is 16.2. The van der Waals surface area contributed by atoms with Crippen molar-refractivity contribution in [2.24, 2.45) is 0 Å². The topological polar surface area (TPSA) is 68.0 Å². The maximum atomic E-state index is 12.5. The van der Waals surface area contributed by atoms with E-state index in [0.717, 1.165) is 42.9 Å². The van der Waals surface area contributed by atoms with Crippen LogP contribution in [0.1, 0.15) is 19.5 Å². The summed E-state index contributed by atoms with van der Waals surface area (Å²) in [6, 6.07) is 9.85. The number of benzene rings is 1. The summed E-state index contributed by atoms with van der Waals surface area (Å²) in [6.07, 6.45) is 1.70. The Morgan fingerprint density at radius 2 is 1.96 bits per heavy atom. The fraction of sp³-hybridized carbons (Fsp3) is 0.421. The van der Waals surface area contributed by atoms with Crippen LogP contribution in [0.15, 0.2) is 36.5 Å². The average molecular weight is 354 g/mol. The van der Waals surface area contributed by atoms with Crippen LogP contribution in [0.25, 0.3) is 11.0 Å². The number of nitrogens with one attached hydrogen (secondary N) is 1. The van der Waals surface area contributed by atoms with E-state index in [4.69, 9.17) is 0 Å². The smallest absolute Gasteiger partial charge is 0.248 e. The standard InChI is InChI=1S/C19H26N6O/c1-4-23(5-2)12-13-24-17-9-7-6-8-16(17)21-19(24)22-18(26)14-25-15(3)10-11-20-25/h6-11H,4-5,12-14H2,1-3H3,(H,21,22,26). The first kappa shape index (κ1) is 18.1. The fourth-order valence-electron chi connectivity index (χ4n) is 3.04. The molecule has 1 aromatic carbocycles.